The summed E-state index contributed by atoms with van der Waals surface area (Å²) in [5.74, 6) is -0.105. The summed E-state index contributed by atoms with van der Waals surface area (Å²) in [6.45, 7) is 6.05. The van der Waals surface area contributed by atoms with Crippen molar-refractivity contribution in [1.82, 2.24) is 9.62 Å². The number of amides is 1. The molecule has 0 unspecified atom stereocenters. The Balaban J connectivity index is 1.47. The van der Waals surface area contributed by atoms with E-state index in [0.717, 1.165) is 16.8 Å². The predicted octanol–water partition coefficient (Wildman–Crippen LogP) is 2.23. The van der Waals surface area contributed by atoms with Gasteiger partial charge in [-0.1, -0.05) is 6.07 Å². The van der Waals surface area contributed by atoms with Crippen LogP contribution in [0.5, 0.6) is 0 Å². The van der Waals surface area contributed by atoms with Gasteiger partial charge >= 0.3 is 0 Å². The van der Waals surface area contributed by atoms with Crippen LogP contribution in [0.1, 0.15) is 17.5 Å². The number of piperazine rings is 1. The van der Waals surface area contributed by atoms with Crippen LogP contribution in [0.4, 0.5) is 11.4 Å². The first-order chi connectivity index (χ1) is 14.7. The van der Waals surface area contributed by atoms with E-state index in [4.69, 9.17) is 0 Å². The lowest BCUT2D eigenvalue weighted by atomic mass is 10.1. The van der Waals surface area contributed by atoms with Gasteiger partial charge in [-0.2, -0.15) is 0 Å². The molecule has 0 aromatic heterocycles. The zero-order valence-corrected chi connectivity index (χ0v) is 18.4. The van der Waals surface area contributed by atoms with E-state index in [9.17, 15) is 23.3 Å². The number of carbonyl (C=O) groups excluding carboxylic acids is 1. The van der Waals surface area contributed by atoms with Crippen molar-refractivity contribution in [2.45, 2.75) is 25.2 Å². The third kappa shape index (κ3) is 5.59. The number of nitrogens with one attached hydrogen (secondary N) is 1. The summed E-state index contributed by atoms with van der Waals surface area (Å²) in [6.07, 6.45) is 0.0849. The van der Waals surface area contributed by atoms with Crippen molar-refractivity contribution in [3.63, 3.8) is 0 Å². The zero-order valence-electron chi connectivity index (χ0n) is 17.6. The van der Waals surface area contributed by atoms with Crippen LogP contribution in [0.15, 0.2) is 47.4 Å². The molecule has 166 valence electrons. The molecule has 1 aliphatic rings. The Labute approximate surface area is 181 Å². The SMILES string of the molecule is Cc1ccc(S(=O)(=O)NCCC(=O)N2CCN(c3ccc([N+](=O)[O-])cc3)CC2)cc1C. The van der Waals surface area contributed by atoms with Crippen LogP contribution in [0.2, 0.25) is 0 Å². The number of carbonyl (C=O) groups is 1. The molecule has 31 heavy (non-hydrogen) atoms. The topological polar surface area (TPSA) is 113 Å². The minimum atomic E-state index is -3.66. The molecule has 1 aliphatic heterocycles. The number of hydrogen-bond donors (Lipinski definition) is 1. The van der Waals surface area contributed by atoms with E-state index >= 15 is 0 Å². The second kappa shape index (κ2) is 9.44. The number of sulfonamides is 1. The molecular formula is C21H26N4O5S. The molecule has 1 fully saturated rings. The lowest BCUT2D eigenvalue weighted by molar-refractivity contribution is -0.384. The molecule has 1 heterocycles. The van der Waals surface area contributed by atoms with E-state index < -0.39 is 14.9 Å². The first-order valence-electron chi connectivity index (χ1n) is 10.0. The average molecular weight is 447 g/mol. The van der Waals surface area contributed by atoms with Crippen LogP contribution in [0.25, 0.3) is 0 Å². The molecule has 10 heteroatoms. The van der Waals surface area contributed by atoms with E-state index in [1.165, 1.54) is 12.1 Å². The molecule has 0 aliphatic carbocycles. The summed E-state index contributed by atoms with van der Waals surface area (Å²) in [6, 6.07) is 11.3. The molecule has 0 atom stereocenters. The van der Waals surface area contributed by atoms with Crippen molar-refractivity contribution in [3.8, 4) is 0 Å². The van der Waals surface area contributed by atoms with Crippen LogP contribution < -0.4 is 9.62 Å². The molecule has 9 nitrogen and oxygen atoms in total. The molecule has 0 bridgehead atoms. The number of benzene rings is 2. The van der Waals surface area contributed by atoms with E-state index in [2.05, 4.69) is 9.62 Å². The normalized spacial score (nSPS) is 14.5. The first-order valence-corrected chi connectivity index (χ1v) is 11.5. The molecule has 3 rings (SSSR count). The van der Waals surface area contributed by atoms with Gasteiger partial charge in [-0.25, -0.2) is 13.1 Å². The maximum Gasteiger partial charge on any atom is 0.269 e. The zero-order chi connectivity index (χ0) is 22.6. The highest BCUT2D eigenvalue weighted by atomic mass is 32.2. The van der Waals surface area contributed by atoms with Crippen molar-refractivity contribution in [1.29, 1.82) is 0 Å². The number of rotatable bonds is 7. The summed E-state index contributed by atoms with van der Waals surface area (Å²) < 4.78 is 27.4. The molecule has 0 saturated carbocycles. The molecular weight excluding hydrogens is 420 g/mol. The molecule has 0 spiro atoms. The average Bonchev–Trinajstić information content (AvgIpc) is 2.75. The molecule has 1 N–H and O–H groups in total. The van der Waals surface area contributed by atoms with Gasteiger partial charge in [0.25, 0.3) is 5.69 Å². The molecule has 2 aromatic rings. The van der Waals surface area contributed by atoms with Crippen molar-refractivity contribution >= 4 is 27.3 Å². The number of nitro benzene ring substituents is 1. The second-order valence-electron chi connectivity index (χ2n) is 7.54. The fourth-order valence-corrected chi connectivity index (χ4v) is 4.53. The third-order valence-electron chi connectivity index (χ3n) is 5.48. The lowest BCUT2D eigenvalue weighted by Gasteiger charge is -2.36. The Morgan fingerprint density at radius 2 is 1.68 bits per heavy atom. The maximum atomic E-state index is 12.5. The largest absolute Gasteiger partial charge is 0.368 e. The van der Waals surface area contributed by atoms with Gasteiger partial charge in [0.05, 0.1) is 9.82 Å². The van der Waals surface area contributed by atoms with Crippen LogP contribution in [0, 0.1) is 24.0 Å². The van der Waals surface area contributed by atoms with Gasteiger partial charge in [0.2, 0.25) is 15.9 Å². The highest BCUT2D eigenvalue weighted by Crippen LogP contribution is 2.21. The molecule has 0 radical (unpaired) electrons. The maximum absolute atomic E-state index is 12.5. The van der Waals surface area contributed by atoms with E-state index in [0.29, 0.717) is 26.2 Å². The van der Waals surface area contributed by atoms with E-state index in [1.807, 2.05) is 13.8 Å². The predicted molar refractivity (Wildman–Crippen MR) is 118 cm³/mol. The summed E-state index contributed by atoms with van der Waals surface area (Å²) in [7, 11) is -3.66. The number of hydrogen-bond acceptors (Lipinski definition) is 6. The van der Waals surface area contributed by atoms with E-state index in [1.54, 1.807) is 35.2 Å². The van der Waals surface area contributed by atoms with Gasteiger partial charge in [0.1, 0.15) is 0 Å². The van der Waals surface area contributed by atoms with Crippen molar-refractivity contribution in [3.05, 3.63) is 63.7 Å². The number of aryl methyl sites for hydroxylation is 2. The lowest BCUT2D eigenvalue weighted by Crippen LogP contribution is -2.49. The fraction of sp³-hybridized carbons (Fsp3) is 0.381. The summed E-state index contributed by atoms with van der Waals surface area (Å²) in [5, 5.41) is 10.8. The summed E-state index contributed by atoms with van der Waals surface area (Å²) in [5.41, 5.74) is 2.83. The number of nitrogens with zero attached hydrogens (tertiary/aromatic N) is 3. The van der Waals surface area contributed by atoms with Gasteiger partial charge in [0.15, 0.2) is 0 Å². The first kappa shape index (κ1) is 22.7. The van der Waals surface area contributed by atoms with Crippen LogP contribution >= 0.6 is 0 Å². The Kier molecular flexibility index (Phi) is 6.91. The van der Waals surface area contributed by atoms with Gasteiger partial charge in [-0.15, -0.1) is 0 Å². The quantitative estimate of drug-likeness (QED) is 0.515. The summed E-state index contributed by atoms with van der Waals surface area (Å²) in [4.78, 5) is 26.8. The molecule has 1 amide bonds. The number of non-ortho nitro benzene ring substituents is 1. The Morgan fingerprint density at radius 3 is 2.26 bits per heavy atom. The highest BCUT2D eigenvalue weighted by Gasteiger charge is 2.22. The number of nitro groups is 1. The molecule has 2 aromatic carbocycles. The highest BCUT2D eigenvalue weighted by molar-refractivity contribution is 7.89. The van der Waals surface area contributed by atoms with Gasteiger partial charge in [-0.3, -0.25) is 14.9 Å². The fourth-order valence-electron chi connectivity index (χ4n) is 3.41. The Bertz CT molecular complexity index is 1060. The number of anilines is 1. The minimum absolute atomic E-state index is 0.0384. The minimum Gasteiger partial charge on any atom is -0.368 e. The smallest absolute Gasteiger partial charge is 0.269 e. The van der Waals surface area contributed by atoms with Gasteiger partial charge < -0.3 is 9.80 Å². The van der Waals surface area contributed by atoms with Crippen molar-refractivity contribution < 1.29 is 18.1 Å². The van der Waals surface area contributed by atoms with E-state index in [-0.39, 0.29) is 29.5 Å². The third-order valence-corrected chi connectivity index (χ3v) is 6.94. The van der Waals surface area contributed by atoms with Crippen LogP contribution in [-0.4, -0.2) is 56.9 Å². The molecule has 1 saturated heterocycles. The standard InChI is InChI=1S/C21H26N4O5S/c1-16-3-8-20(15-17(16)2)31(29,30)22-10-9-21(26)24-13-11-23(12-14-24)18-4-6-19(7-5-18)25(27)28/h3-8,15,22H,9-14H2,1-2H3. The Morgan fingerprint density at radius 1 is 1.03 bits per heavy atom. The summed E-state index contributed by atoms with van der Waals surface area (Å²) >= 11 is 0. The van der Waals surface area contributed by atoms with Crippen molar-refractivity contribution in [2.75, 3.05) is 37.6 Å². The second-order valence-corrected chi connectivity index (χ2v) is 9.30. The van der Waals surface area contributed by atoms with Crippen LogP contribution in [0.3, 0.4) is 0 Å². The van der Waals surface area contributed by atoms with Crippen LogP contribution in [-0.2, 0) is 14.8 Å². The van der Waals surface area contributed by atoms with Gasteiger partial charge in [0, 0.05) is 57.0 Å². The Hall–Kier alpha value is -2.98. The van der Waals surface area contributed by atoms with Crippen molar-refractivity contribution in [2.24, 2.45) is 0 Å². The van der Waals surface area contributed by atoms with Gasteiger partial charge in [-0.05, 0) is 49.2 Å². The monoisotopic (exact) mass is 446 g/mol.